The van der Waals surface area contributed by atoms with Gasteiger partial charge in [-0.25, -0.2) is 4.98 Å². The number of aryl methyl sites for hydroxylation is 1. The first-order valence-corrected chi connectivity index (χ1v) is 6.74. The Morgan fingerprint density at radius 2 is 2.15 bits per heavy atom. The average molecular weight is 279 g/mol. The van der Waals surface area contributed by atoms with E-state index >= 15 is 0 Å². The van der Waals surface area contributed by atoms with Crippen molar-refractivity contribution in [3.8, 4) is 0 Å². The third-order valence-electron chi connectivity index (χ3n) is 2.82. The second kappa shape index (κ2) is 8.14. The van der Waals surface area contributed by atoms with Crippen LogP contribution in [0.25, 0.3) is 0 Å². The molecule has 0 spiro atoms. The van der Waals surface area contributed by atoms with Gasteiger partial charge in [-0.2, -0.15) is 0 Å². The van der Waals surface area contributed by atoms with E-state index in [-0.39, 0.29) is 12.5 Å². The molecule has 1 rings (SSSR count). The maximum absolute atomic E-state index is 11.9. The number of pyridine rings is 1. The summed E-state index contributed by atoms with van der Waals surface area (Å²) in [7, 11) is 0. The zero-order chi connectivity index (χ0) is 15.0. The number of hydrogen-bond donors (Lipinski definition) is 2. The summed E-state index contributed by atoms with van der Waals surface area (Å²) < 4.78 is 0. The van der Waals surface area contributed by atoms with Gasteiger partial charge in [-0.05, 0) is 31.4 Å². The van der Waals surface area contributed by atoms with Crippen LogP contribution in [-0.2, 0) is 16.0 Å². The molecule has 0 saturated carbocycles. The smallest absolute Gasteiger partial charge is 0.323 e. The van der Waals surface area contributed by atoms with Crippen molar-refractivity contribution in [1.82, 2.24) is 9.88 Å². The number of carbonyl (C=O) groups excluding carboxylic acids is 1. The molecule has 0 aromatic carbocycles. The normalized spacial score (nSPS) is 10.2. The molecular weight excluding hydrogens is 258 g/mol. The molecule has 0 unspecified atom stereocenters. The maximum atomic E-state index is 11.9. The van der Waals surface area contributed by atoms with Crippen LogP contribution in [-0.4, -0.2) is 40.0 Å². The van der Waals surface area contributed by atoms with Crippen molar-refractivity contribution < 1.29 is 14.7 Å². The van der Waals surface area contributed by atoms with Crippen molar-refractivity contribution >= 4 is 17.7 Å². The minimum absolute atomic E-state index is 0.127. The molecule has 0 fully saturated rings. The fraction of sp³-hybridized carbons (Fsp3) is 0.500. The summed E-state index contributed by atoms with van der Waals surface area (Å²) in [5, 5.41) is 8.78. The van der Waals surface area contributed by atoms with Crippen LogP contribution in [0.1, 0.15) is 31.9 Å². The lowest BCUT2D eigenvalue weighted by Crippen LogP contribution is -2.36. The van der Waals surface area contributed by atoms with E-state index in [0.717, 1.165) is 12.1 Å². The number of hydrogen-bond acceptors (Lipinski definition) is 4. The molecule has 20 heavy (non-hydrogen) atoms. The number of rotatable bonds is 8. The number of aliphatic carboxylic acids is 1. The van der Waals surface area contributed by atoms with Gasteiger partial charge in [0.15, 0.2) is 0 Å². The third-order valence-corrected chi connectivity index (χ3v) is 2.82. The van der Waals surface area contributed by atoms with Gasteiger partial charge < -0.3 is 15.7 Å². The Labute approximate surface area is 118 Å². The molecule has 1 heterocycles. The molecule has 0 radical (unpaired) electrons. The van der Waals surface area contributed by atoms with E-state index in [2.05, 4.69) is 4.98 Å². The lowest BCUT2D eigenvalue weighted by molar-refractivity contribution is -0.144. The molecule has 3 N–H and O–H groups in total. The van der Waals surface area contributed by atoms with Crippen molar-refractivity contribution in [2.45, 2.75) is 32.6 Å². The molecule has 0 aliphatic carbocycles. The fourth-order valence-corrected chi connectivity index (χ4v) is 1.94. The van der Waals surface area contributed by atoms with Crippen LogP contribution in [0.15, 0.2) is 18.2 Å². The van der Waals surface area contributed by atoms with Crippen LogP contribution in [0.5, 0.6) is 0 Å². The number of aromatic nitrogens is 1. The van der Waals surface area contributed by atoms with Crippen LogP contribution in [0, 0.1) is 0 Å². The molecule has 0 aliphatic rings. The number of carboxylic acids is 1. The molecule has 6 nitrogen and oxygen atoms in total. The van der Waals surface area contributed by atoms with E-state index in [0.29, 0.717) is 31.6 Å². The van der Waals surface area contributed by atoms with E-state index in [9.17, 15) is 9.59 Å². The Hall–Kier alpha value is -2.11. The van der Waals surface area contributed by atoms with Crippen LogP contribution >= 0.6 is 0 Å². The molecule has 1 amide bonds. The van der Waals surface area contributed by atoms with E-state index in [1.54, 1.807) is 6.07 Å². The first kappa shape index (κ1) is 15.9. The van der Waals surface area contributed by atoms with Gasteiger partial charge in [0.05, 0.1) is 0 Å². The molecule has 0 saturated heterocycles. The highest BCUT2D eigenvalue weighted by Gasteiger charge is 2.15. The first-order valence-electron chi connectivity index (χ1n) is 6.74. The van der Waals surface area contributed by atoms with Crippen molar-refractivity contribution in [3.05, 3.63) is 23.9 Å². The topological polar surface area (TPSA) is 96.5 Å². The Kier molecular flexibility index (Phi) is 6.49. The average Bonchev–Trinajstić information content (AvgIpc) is 2.37. The summed E-state index contributed by atoms with van der Waals surface area (Å²) in [4.78, 5) is 28.2. The number of amides is 1. The number of nitrogens with zero attached hydrogens (tertiary/aromatic N) is 2. The van der Waals surface area contributed by atoms with E-state index in [1.165, 1.54) is 4.90 Å². The minimum atomic E-state index is -0.982. The zero-order valence-corrected chi connectivity index (χ0v) is 11.7. The molecular formula is C14H21N3O3. The van der Waals surface area contributed by atoms with Gasteiger partial charge in [-0.1, -0.05) is 13.0 Å². The fourth-order valence-electron chi connectivity index (χ4n) is 1.94. The van der Waals surface area contributed by atoms with Crippen molar-refractivity contribution in [3.63, 3.8) is 0 Å². The van der Waals surface area contributed by atoms with E-state index in [1.807, 2.05) is 19.1 Å². The van der Waals surface area contributed by atoms with Gasteiger partial charge in [0.1, 0.15) is 12.4 Å². The lowest BCUT2D eigenvalue weighted by atomic mass is 10.1. The highest BCUT2D eigenvalue weighted by Crippen LogP contribution is 2.07. The Bertz CT molecular complexity index is 463. The van der Waals surface area contributed by atoms with Gasteiger partial charge in [0.2, 0.25) is 5.91 Å². The molecule has 110 valence electrons. The summed E-state index contributed by atoms with van der Waals surface area (Å²) in [6.45, 7) is 2.16. The predicted molar refractivity (Wildman–Crippen MR) is 76.1 cm³/mol. The first-order chi connectivity index (χ1) is 9.52. The van der Waals surface area contributed by atoms with Crippen molar-refractivity contribution in [1.29, 1.82) is 0 Å². The summed E-state index contributed by atoms with van der Waals surface area (Å²) in [5.41, 5.74) is 6.43. The Balaban J connectivity index is 2.42. The number of anilines is 1. The van der Waals surface area contributed by atoms with Gasteiger partial charge in [-0.15, -0.1) is 0 Å². The summed E-state index contributed by atoms with van der Waals surface area (Å²) >= 11 is 0. The number of nitrogens with two attached hydrogens (primary N) is 1. The second-order valence-corrected chi connectivity index (χ2v) is 4.62. The zero-order valence-electron chi connectivity index (χ0n) is 11.7. The van der Waals surface area contributed by atoms with Crippen molar-refractivity contribution in [2.75, 3.05) is 18.8 Å². The van der Waals surface area contributed by atoms with Crippen molar-refractivity contribution in [2.24, 2.45) is 0 Å². The standard InChI is InChI=1S/C14H21N3O3/c1-2-9-17(10-14(19)20)13(18)8-4-6-11-5-3-7-12(15)16-11/h3,5,7H,2,4,6,8-10H2,1H3,(H2,15,16)(H,19,20). The van der Waals surface area contributed by atoms with E-state index < -0.39 is 5.97 Å². The number of carboxylic acid groups (broad SMARTS) is 1. The summed E-state index contributed by atoms with van der Waals surface area (Å²) in [6, 6.07) is 5.40. The van der Waals surface area contributed by atoms with Gasteiger partial charge in [-0.3, -0.25) is 9.59 Å². The monoisotopic (exact) mass is 279 g/mol. The molecule has 0 bridgehead atoms. The third kappa shape index (κ3) is 5.69. The Morgan fingerprint density at radius 1 is 1.40 bits per heavy atom. The largest absolute Gasteiger partial charge is 0.480 e. The highest BCUT2D eigenvalue weighted by molar-refractivity contribution is 5.81. The quantitative estimate of drug-likeness (QED) is 0.748. The lowest BCUT2D eigenvalue weighted by Gasteiger charge is -2.19. The van der Waals surface area contributed by atoms with Crippen LogP contribution < -0.4 is 5.73 Å². The summed E-state index contributed by atoms with van der Waals surface area (Å²) in [6.07, 6.45) is 2.36. The predicted octanol–water partition coefficient (Wildman–Crippen LogP) is 1.31. The van der Waals surface area contributed by atoms with Gasteiger partial charge in [0.25, 0.3) is 0 Å². The highest BCUT2D eigenvalue weighted by atomic mass is 16.4. The molecule has 0 atom stereocenters. The Morgan fingerprint density at radius 3 is 2.75 bits per heavy atom. The summed E-state index contributed by atoms with van der Waals surface area (Å²) in [5.74, 6) is -0.644. The maximum Gasteiger partial charge on any atom is 0.323 e. The van der Waals surface area contributed by atoms with Gasteiger partial charge in [0, 0.05) is 18.7 Å². The number of nitrogen functional groups attached to an aromatic ring is 1. The number of carbonyl (C=O) groups is 2. The molecule has 6 heteroatoms. The van der Waals surface area contributed by atoms with Crippen LogP contribution in [0.4, 0.5) is 5.82 Å². The molecule has 1 aromatic rings. The minimum Gasteiger partial charge on any atom is -0.480 e. The van der Waals surface area contributed by atoms with Crippen LogP contribution in [0.3, 0.4) is 0 Å². The SMILES string of the molecule is CCCN(CC(=O)O)C(=O)CCCc1cccc(N)n1. The van der Waals surface area contributed by atoms with E-state index in [4.69, 9.17) is 10.8 Å². The van der Waals surface area contributed by atoms with Crippen LogP contribution in [0.2, 0.25) is 0 Å². The van der Waals surface area contributed by atoms with Gasteiger partial charge >= 0.3 is 5.97 Å². The second-order valence-electron chi connectivity index (χ2n) is 4.62. The molecule has 0 aliphatic heterocycles. The molecule has 1 aromatic heterocycles.